The van der Waals surface area contributed by atoms with Crippen LogP contribution in [-0.2, 0) is 0 Å². The molecule has 5 heteroatoms. The number of anilines is 1. The summed E-state index contributed by atoms with van der Waals surface area (Å²) in [6.07, 6.45) is 0. The molecule has 0 heterocycles. The lowest BCUT2D eigenvalue weighted by Gasteiger charge is -2.10. The first kappa shape index (κ1) is 15.0. The van der Waals surface area contributed by atoms with Gasteiger partial charge in [0.25, 0.3) is 5.91 Å². The van der Waals surface area contributed by atoms with Crippen molar-refractivity contribution in [2.24, 2.45) is 0 Å². The second-order valence-corrected chi connectivity index (χ2v) is 5.70. The van der Waals surface area contributed by atoms with Gasteiger partial charge in [-0.25, -0.2) is 4.39 Å². The molecule has 0 radical (unpaired) electrons. The van der Waals surface area contributed by atoms with Crippen molar-refractivity contribution >= 4 is 39.1 Å². The Hall–Kier alpha value is -1.39. The highest BCUT2D eigenvalue weighted by Crippen LogP contribution is 2.26. The van der Waals surface area contributed by atoms with Crippen LogP contribution in [0.3, 0.4) is 0 Å². The van der Waals surface area contributed by atoms with Gasteiger partial charge in [0.1, 0.15) is 5.82 Å². The van der Waals surface area contributed by atoms with Gasteiger partial charge in [-0.3, -0.25) is 4.79 Å². The molecule has 2 aromatic rings. The fourth-order valence-corrected chi connectivity index (χ4v) is 2.37. The number of hydrogen-bond donors (Lipinski definition) is 1. The Bertz CT molecular complexity index is 665. The minimum Gasteiger partial charge on any atom is -0.322 e. The fraction of sp³-hybridized carbons (Fsp3) is 0.133. The number of hydrogen-bond acceptors (Lipinski definition) is 1. The molecule has 0 aliphatic rings. The maximum atomic E-state index is 13.0. The smallest absolute Gasteiger partial charge is 0.257 e. The van der Waals surface area contributed by atoms with Gasteiger partial charge in [-0.05, 0) is 55.3 Å². The Morgan fingerprint density at radius 1 is 1.20 bits per heavy atom. The van der Waals surface area contributed by atoms with Crippen molar-refractivity contribution in [1.29, 1.82) is 0 Å². The van der Waals surface area contributed by atoms with Crippen molar-refractivity contribution in [3.8, 4) is 0 Å². The molecule has 1 N–H and O–H groups in total. The third-order valence-electron chi connectivity index (χ3n) is 2.87. The topological polar surface area (TPSA) is 29.1 Å². The second-order valence-electron chi connectivity index (χ2n) is 4.50. The summed E-state index contributed by atoms with van der Waals surface area (Å²) >= 11 is 9.34. The molecule has 0 bridgehead atoms. The molecule has 2 aromatic carbocycles. The number of carbonyl (C=O) groups is 1. The van der Waals surface area contributed by atoms with E-state index in [2.05, 4.69) is 21.2 Å². The van der Waals surface area contributed by atoms with Crippen molar-refractivity contribution in [1.82, 2.24) is 0 Å². The van der Waals surface area contributed by atoms with Gasteiger partial charge in [0.15, 0.2) is 0 Å². The SMILES string of the molecule is Cc1cc(NC(=O)c2ccc(F)cc2Cl)cc(C)c1Br. The van der Waals surface area contributed by atoms with Gasteiger partial charge in [-0.1, -0.05) is 27.5 Å². The molecule has 0 saturated heterocycles. The standard InChI is InChI=1S/C15H12BrClFNO/c1-8-5-11(6-9(2)14(8)16)19-15(20)12-4-3-10(18)7-13(12)17/h3-7H,1-2H3,(H,19,20). The average molecular weight is 357 g/mol. The van der Waals surface area contributed by atoms with Gasteiger partial charge in [0.05, 0.1) is 10.6 Å². The normalized spacial score (nSPS) is 10.4. The van der Waals surface area contributed by atoms with E-state index < -0.39 is 5.82 Å². The lowest BCUT2D eigenvalue weighted by Crippen LogP contribution is -2.13. The molecule has 0 aliphatic carbocycles. The molecule has 20 heavy (non-hydrogen) atoms. The van der Waals surface area contributed by atoms with Gasteiger partial charge < -0.3 is 5.32 Å². The quantitative estimate of drug-likeness (QED) is 0.796. The van der Waals surface area contributed by atoms with Crippen LogP contribution in [0.5, 0.6) is 0 Å². The van der Waals surface area contributed by atoms with Crippen LogP contribution in [0.1, 0.15) is 21.5 Å². The van der Waals surface area contributed by atoms with Gasteiger partial charge in [0, 0.05) is 10.2 Å². The third kappa shape index (κ3) is 3.19. The largest absolute Gasteiger partial charge is 0.322 e. The highest BCUT2D eigenvalue weighted by atomic mass is 79.9. The number of carbonyl (C=O) groups excluding carboxylic acids is 1. The molecular formula is C15H12BrClFNO. The highest BCUT2D eigenvalue weighted by molar-refractivity contribution is 9.10. The summed E-state index contributed by atoms with van der Waals surface area (Å²) in [5.74, 6) is -0.835. The van der Waals surface area contributed by atoms with Crippen LogP contribution in [0, 0.1) is 19.7 Å². The molecule has 2 rings (SSSR count). The zero-order valence-electron chi connectivity index (χ0n) is 10.9. The van der Waals surface area contributed by atoms with E-state index >= 15 is 0 Å². The van der Waals surface area contributed by atoms with Crippen LogP contribution in [0.25, 0.3) is 0 Å². The lowest BCUT2D eigenvalue weighted by atomic mass is 10.1. The van der Waals surface area contributed by atoms with Crippen molar-refractivity contribution in [2.75, 3.05) is 5.32 Å². The summed E-state index contributed by atoms with van der Waals surface area (Å²) in [7, 11) is 0. The number of halogens is 3. The van der Waals surface area contributed by atoms with Crippen LogP contribution in [-0.4, -0.2) is 5.91 Å². The van der Waals surface area contributed by atoms with E-state index in [-0.39, 0.29) is 16.5 Å². The number of amides is 1. The third-order valence-corrected chi connectivity index (χ3v) is 4.43. The molecular weight excluding hydrogens is 345 g/mol. The maximum absolute atomic E-state index is 13.0. The summed E-state index contributed by atoms with van der Waals surface area (Å²) in [5, 5.41) is 2.85. The van der Waals surface area contributed by atoms with Crippen LogP contribution >= 0.6 is 27.5 Å². The number of rotatable bonds is 2. The van der Waals surface area contributed by atoms with E-state index in [1.54, 1.807) is 0 Å². The number of aryl methyl sites for hydroxylation is 2. The molecule has 2 nitrogen and oxygen atoms in total. The summed E-state index contributed by atoms with van der Waals surface area (Å²) in [6, 6.07) is 7.40. The molecule has 0 atom stereocenters. The Labute approximate surface area is 130 Å². The van der Waals surface area contributed by atoms with E-state index in [4.69, 9.17) is 11.6 Å². The van der Waals surface area contributed by atoms with Crippen LogP contribution in [0.15, 0.2) is 34.8 Å². The Morgan fingerprint density at radius 3 is 2.35 bits per heavy atom. The molecule has 0 fully saturated rings. The lowest BCUT2D eigenvalue weighted by molar-refractivity contribution is 0.102. The zero-order valence-corrected chi connectivity index (χ0v) is 13.3. The number of nitrogens with one attached hydrogen (secondary N) is 1. The first-order valence-corrected chi connectivity index (χ1v) is 7.08. The number of benzene rings is 2. The van der Waals surface area contributed by atoms with E-state index in [9.17, 15) is 9.18 Å². The summed E-state index contributed by atoms with van der Waals surface area (Å²) < 4.78 is 14.0. The highest BCUT2D eigenvalue weighted by Gasteiger charge is 2.12. The van der Waals surface area contributed by atoms with Crippen LogP contribution < -0.4 is 5.32 Å². The van der Waals surface area contributed by atoms with Crippen molar-refractivity contribution in [3.05, 3.63) is 62.3 Å². The van der Waals surface area contributed by atoms with Gasteiger partial charge >= 0.3 is 0 Å². The van der Waals surface area contributed by atoms with Crippen LogP contribution in [0.2, 0.25) is 5.02 Å². The maximum Gasteiger partial charge on any atom is 0.257 e. The summed E-state index contributed by atoms with van der Waals surface area (Å²) in [5.41, 5.74) is 2.95. The summed E-state index contributed by atoms with van der Waals surface area (Å²) in [4.78, 5) is 12.1. The molecule has 0 aliphatic heterocycles. The molecule has 0 spiro atoms. The Kier molecular flexibility index (Phi) is 4.45. The first-order chi connectivity index (χ1) is 9.38. The molecule has 0 aromatic heterocycles. The van der Waals surface area contributed by atoms with E-state index in [1.165, 1.54) is 12.1 Å². The Morgan fingerprint density at radius 2 is 1.80 bits per heavy atom. The predicted octanol–water partition coefficient (Wildman–Crippen LogP) is 5.11. The van der Waals surface area contributed by atoms with Gasteiger partial charge in [-0.15, -0.1) is 0 Å². The monoisotopic (exact) mass is 355 g/mol. The van der Waals surface area contributed by atoms with Gasteiger partial charge in [-0.2, -0.15) is 0 Å². The minimum absolute atomic E-state index is 0.0908. The molecule has 0 unspecified atom stereocenters. The van der Waals surface area contributed by atoms with Gasteiger partial charge in [0.2, 0.25) is 0 Å². The zero-order chi connectivity index (χ0) is 14.9. The molecule has 0 saturated carbocycles. The van der Waals surface area contributed by atoms with E-state index in [1.807, 2.05) is 26.0 Å². The average Bonchev–Trinajstić information content (AvgIpc) is 2.35. The first-order valence-electron chi connectivity index (χ1n) is 5.91. The van der Waals surface area contributed by atoms with Crippen molar-refractivity contribution in [2.45, 2.75) is 13.8 Å². The van der Waals surface area contributed by atoms with E-state index in [0.29, 0.717) is 5.69 Å². The van der Waals surface area contributed by atoms with Crippen molar-refractivity contribution < 1.29 is 9.18 Å². The molecule has 104 valence electrons. The predicted molar refractivity (Wildman–Crippen MR) is 83.0 cm³/mol. The Balaban J connectivity index is 2.28. The minimum atomic E-state index is -0.470. The van der Waals surface area contributed by atoms with Crippen LogP contribution in [0.4, 0.5) is 10.1 Å². The summed E-state index contributed by atoms with van der Waals surface area (Å²) in [6.45, 7) is 3.88. The second kappa shape index (κ2) is 5.94. The molecule has 1 amide bonds. The van der Waals surface area contributed by atoms with Crippen molar-refractivity contribution in [3.63, 3.8) is 0 Å². The van der Waals surface area contributed by atoms with E-state index in [0.717, 1.165) is 21.7 Å². The fourth-order valence-electron chi connectivity index (χ4n) is 1.89.